The molecule has 0 saturated carbocycles. The molecule has 0 aliphatic carbocycles. The van der Waals surface area contributed by atoms with Crippen LogP contribution in [0.15, 0.2) is 66.8 Å². The van der Waals surface area contributed by atoms with Crippen molar-refractivity contribution in [3.63, 3.8) is 0 Å². The molecule has 22 heavy (non-hydrogen) atoms. The number of hydrogen-bond donors (Lipinski definition) is 2. The van der Waals surface area contributed by atoms with E-state index in [1.54, 1.807) is 0 Å². The van der Waals surface area contributed by atoms with E-state index >= 15 is 0 Å². The molecule has 2 aromatic carbocycles. The van der Waals surface area contributed by atoms with Crippen molar-refractivity contribution < 1.29 is 69.0 Å². The fraction of sp³-hybridized carbons (Fsp3) is 0. The van der Waals surface area contributed by atoms with E-state index in [0.717, 1.165) is 6.14 Å². The van der Waals surface area contributed by atoms with Gasteiger partial charge in [-0.25, -0.2) is 0 Å². The van der Waals surface area contributed by atoms with Gasteiger partial charge in [0.05, 0.1) is 0 Å². The molecule has 0 radical (unpaired) electrons. The minimum atomic E-state index is -2.16. The number of benzene rings is 2. The normalized spacial score (nSPS) is 10.9. The molecule has 0 aliphatic rings. The van der Waals surface area contributed by atoms with Crippen LogP contribution in [0.5, 0.6) is 0 Å². The fourth-order valence-electron chi connectivity index (χ4n) is 2.22. The third-order valence-electron chi connectivity index (χ3n) is 3.33. The zero-order chi connectivity index (χ0) is 15.9. The molecule has 0 spiro atoms. The quantitative estimate of drug-likeness (QED) is 0.359. The summed E-state index contributed by atoms with van der Waals surface area (Å²) in [5.41, 5.74) is 0. The molecular weight excluding hydrogens is 657 g/mol. The molecule has 0 heterocycles. The summed E-state index contributed by atoms with van der Waals surface area (Å²) in [6.07, 6.45) is 0. The van der Waals surface area contributed by atoms with Gasteiger partial charge in [0.2, 0.25) is 0 Å². The van der Waals surface area contributed by atoms with E-state index in [-0.39, 0.29) is 6.16 Å². The van der Waals surface area contributed by atoms with Gasteiger partial charge in [-0.3, -0.25) is 0 Å². The summed E-state index contributed by atoms with van der Waals surface area (Å²) in [7, 11) is 0. The second kappa shape index (κ2) is 8.58. The number of rotatable bonds is 6. The van der Waals surface area contributed by atoms with Gasteiger partial charge < -0.3 is 0 Å². The van der Waals surface area contributed by atoms with Gasteiger partial charge in [-0.1, -0.05) is 0 Å². The molecular formula is C16H12Hg2O4. The Kier molecular flexibility index (Phi) is 6.76. The molecule has 0 bridgehead atoms. The number of aliphatic carboxylic acids is 2. The number of hydrogen-bond acceptors (Lipinski definition) is 2. The van der Waals surface area contributed by atoms with Crippen molar-refractivity contribution in [3.8, 4) is 0 Å². The number of carboxylic acids is 2. The van der Waals surface area contributed by atoms with E-state index in [1.807, 2.05) is 60.7 Å². The Morgan fingerprint density at radius 1 is 0.636 bits per heavy atom. The Balaban J connectivity index is 2.39. The minimum absolute atomic E-state index is 0.240. The molecule has 0 amide bonds. The van der Waals surface area contributed by atoms with E-state index < -0.39 is 61.1 Å². The molecule has 0 aliphatic heterocycles. The second-order valence-corrected chi connectivity index (χ2v) is 19.5. The Hall–Kier alpha value is -1.01. The van der Waals surface area contributed by atoms with Gasteiger partial charge in [-0.2, -0.15) is 0 Å². The van der Waals surface area contributed by atoms with Crippen molar-refractivity contribution in [1.29, 1.82) is 0 Å². The van der Waals surface area contributed by atoms with Crippen molar-refractivity contribution in [3.05, 3.63) is 66.8 Å². The fourth-order valence-corrected chi connectivity index (χ4v) is 21.9. The first-order valence-electron chi connectivity index (χ1n) is 6.84. The Morgan fingerprint density at radius 3 is 1.23 bits per heavy atom. The maximum atomic E-state index is 11.6. The van der Waals surface area contributed by atoms with Crippen LogP contribution in [-0.2, 0) is 58.7 Å². The van der Waals surface area contributed by atoms with Crippen molar-refractivity contribution in [1.82, 2.24) is 0 Å². The molecule has 0 saturated heterocycles. The van der Waals surface area contributed by atoms with E-state index in [9.17, 15) is 19.8 Å². The molecule has 0 aromatic heterocycles. The van der Waals surface area contributed by atoms with Gasteiger partial charge in [0, 0.05) is 0 Å². The molecule has 0 atom stereocenters. The van der Waals surface area contributed by atoms with E-state index in [1.165, 1.54) is 0 Å². The Labute approximate surface area is 152 Å². The van der Waals surface area contributed by atoms with Gasteiger partial charge in [-0.05, 0) is 0 Å². The molecule has 104 valence electrons. The zero-order valence-electron chi connectivity index (χ0n) is 11.9. The standard InChI is InChI=1S/2C6H5.C4H2O4.2Hg/c2*1-2-4-6-5-3-1;5-3(6)1-2-4(7)8;;/h2*1-5H;(H,5,6)(H,7,8);;. The van der Waals surface area contributed by atoms with Gasteiger partial charge in [0.1, 0.15) is 0 Å². The summed E-state index contributed by atoms with van der Waals surface area (Å²) >= 11 is -4.32. The first kappa shape index (κ1) is 17.3. The van der Waals surface area contributed by atoms with Crippen LogP contribution in [0.1, 0.15) is 0 Å². The van der Waals surface area contributed by atoms with E-state index in [0.29, 0.717) is 0 Å². The van der Waals surface area contributed by atoms with Gasteiger partial charge in [0.25, 0.3) is 0 Å². The summed E-state index contributed by atoms with van der Waals surface area (Å²) in [5, 5.41) is 19.0. The number of carbonyl (C=O) groups is 2. The van der Waals surface area contributed by atoms with Crippen LogP contribution in [0, 0.1) is 0 Å². The van der Waals surface area contributed by atoms with Crippen LogP contribution in [0.3, 0.4) is 0 Å². The third-order valence-corrected chi connectivity index (χ3v) is 26.1. The van der Waals surface area contributed by atoms with Crippen molar-refractivity contribution in [2.45, 2.75) is 0 Å². The molecule has 2 rings (SSSR count). The summed E-state index contributed by atoms with van der Waals surface area (Å²) in [6.45, 7) is 0. The predicted octanol–water partition coefficient (Wildman–Crippen LogP) is 1.18. The van der Waals surface area contributed by atoms with E-state index in [2.05, 4.69) is 0 Å². The molecule has 0 fully saturated rings. The van der Waals surface area contributed by atoms with E-state index in [4.69, 9.17) is 0 Å². The average molecular weight is 669 g/mol. The van der Waals surface area contributed by atoms with Gasteiger partial charge >= 0.3 is 154 Å². The van der Waals surface area contributed by atoms with Crippen molar-refractivity contribution >= 4 is 18.1 Å². The van der Waals surface area contributed by atoms with Crippen LogP contribution >= 0.6 is 0 Å². The Morgan fingerprint density at radius 2 is 0.955 bits per heavy atom. The monoisotopic (exact) mass is 672 g/mol. The number of carboxylic acid groups (broad SMARTS) is 2. The topological polar surface area (TPSA) is 74.6 Å². The zero-order valence-corrected chi connectivity index (χ0v) is 22.9. The molecule has 2 aromatic rings. The predicted molar refractivity (Wildman–Crippen MR) is 74.4 cm³/mol. The summed E-state index contributed by atoms with van der Waals surface area (Å²) < 4.78 is 2.54. The van der Waals surface area contributed by atoms with Crippen LogP contribution in [0.25, 0.3) is 0 Å². The molecule has 4 nitrogen and oxygen atoms in total. The van der Waals surface area contributed by atoms with Crippen molar-refractivity contribution in [2.75, 3.05) is 0 Å². The van der Waals surface area contributed by atoms with Crippen LogP contribution in [0.2, 0.25) is 0 Å². The molecule has 2 N–H and O–H groups in total. The SMILES string of the molecule is O=C(O)/[C]([Hg][c]1ccccc1)=[C](/[Hg][c]1ccccc1)C(=O)O. The van der Waals surface area contributed by atoms with Gasteiger partial charge in [-0.15, -0.1) is 0 Å². The second-order valence-electron chi connectivity index (χ2n) is 4.89. The average Bonchev–Trinajstić information content (AvgIpc) is 2.52. The third kappa shape index (κ3) is 5.02. The summed E-state index contributed by atoms with van der Waals surface area (Å²) in [5.74, 6) is -2.09. The van der Waals surface area contributed by atoms with Crippen molar-refractivity contribution in [2.24, 2.45) is 0 Å². The summed E-state index contributed by atoms with van der Waals surface area (Å²) in [6, 6.07) is 18.9. The first-order valence-corrected chi connectivity index (χ1v) is 17.8. The van der Waals surface area contributed by atoms with Gasteiger partial charge in [0.15, 0.2) is 0 Å². The summed E-state index contributed by atoms with van der Waals surface area (Å²) in [4.78, 5) is 23.2. The Bertz CT molecular complexity index is 635. The van der Waals surface area contributed by atoms with Crippen LogP contribution < -0.4 is 6.14 Å². The molecule has 6 heteroatoms. The molecule has 0 unspecified atom stereocenters. The van der Waals surface area contributed by atoms with Crippen LogP contribution in [-0.4, -0.2) is 22.2 Å². The van der Waals surface area contributed by atoms with Crippen LogP contribution in [0.4, 0.5) is 0 Å². The first-order chi connectivity index (χ1) is 10.6. The maximum absolute atomic E-state index is 11.6.